The maximum Gasteiger partial charge on any atom is 0.0850 e. The van der Waals surface area contributed by atoms with Crippen molar-refractivity contribution in [2.24, 2.45) is 11.3 Å². The van der Waals surface area contributed by atoms with Crippen LogP contribution in [0.25, 0.3) is 0 Å². The van der Waals surface area contributed by atoms with Gasteiger partial charge in [0.05, 0.1) is 18.1 Å². The largest absolute Gasteiger partial charge is 0.388 e. The number of nitriles is 1. The van der Waals surface area contributed by atoms with Gasteiger partial charge in [-0.3, -0.25) is 0 Å². The van der Waals surface area contributed by atoms with Crippen LogP contribution >= 0.6 is 0 Å². The van der Waals surface area contributed by atoms with Crippen LogP contribution in [0.4, 0.5) is 0 Å². The van der Waals surface area contributed by atoms with Crippen LogP contribution in [0.1, 0.15) is 47.5 Å². The zero-order valence-corrected chi connectivity index (χ0v) is 9.39. The summed E-state index contributed by atoms with van der Waals surface area (Å²) in [6, 6.07) is 2.08. The van der Waals surface area contributed by atoms with Crippen LogP contribution in [-0.2, 0) is 0 Å². The van der Waals surface area contributed by atoms with Crippen molar-refractivity contribution in [3.8, 4) is 6.07 Å². The van der Waals surface area contributed by atoms with E-state index in [9.17, 15) is 5.11 Å². The van der Waals surface area contributed by atoms with Crippen LogP contribution < -0.4 is 0 Å². The minimum Gasteiger partial charge on any atom is -0.388 e. The molecule has 0 saturated carbocycles. The highest BCUT2D eigenvalue weighted by Gasteiger charge is 2.43. The fourth-order valence-corrected chi connectivity index (χ4v) is 1.64. The molecule has 0 aromatic heterocycles. The van der Waals surface area contributed by atoms with Gasteiger partial charge in [0.1, 0.15) is 0 Å². The quantitative estimate of drug-likeness (QED) is 0.731. The molecule has 0 heterocycles. The first kappa shape index (κ1) is 12.4. The van der Waals surface area contributed by atoms with Gasteiger partial charge in [-0.05, 0) is 11.3 Å². The number of hydrogen-bond donors (Lipinski definition) is 1. The Kier molecular flexibility index (Phi) is 3.93. The highest BCUT2D eigenvalue weighted by Crippen LogP contribution is 2.40. The molecule has 2 heteroatoms. The average molecular weight is 183 g/mol. The zero-order valence-electron chi connectivity index (χ0n) is 9.39. The number of hydrogen-bond acceptors (Lipinski definition) is 2. The van der Waals surface area contributed by atoms with Gasteiger partial charge in [0.15, 0.2) is 0 Å². The summed E-state index contributed by atoms with van der Waals surface area (Å²) in [6.07, 6.45) is 1.11. The molecule has 0 rings (SSSR count). The van der Waals surface area contributed by atoms with Gasteiger partial charge in [-0.15, -0.1) is 0 Å². The van der Waals surface area contributed by atoms with E-state index >= 15 is 0 Å². The second-order valence-corrected chi connectivity index (χ2v) is 4.82. The maximum atomic E-state index is 10.4. The summed E-state index contributed by atoms with van der Waals surface area (Å²) in [7, 11) is 0. The molecule has 2 atom stereocenters. The maximum absolute atomic E-state index is 10.4. The molecular weight excluding hydrogens is 162 g/mol. The molecule has 13 heavy (non-hydrogen) atoms. The average Bonchev–Trinajstić information content (AvgIpc) is 2.01. The van der Waals surface area contributed by atoms with Crippen molar-refractivity contribution in [2.45, 2.75) is 53.1 Å². The fraction of sp³-hybridized carbons (Fsp3) is 0.909. The molecule has 0 spiro atoms. The van der Waals surface area contributed by atoms with Gasteiger partial charge in [0, 0.05) is 0 Å². The summed E-state index contributed by atoms with van der Waals surface area (Å²) in [5.74, 6) is 0.159. The molecule has 0 aliphatic carbocycles. The minimum atomic E-state index is -0.865. The normalized spacial score (nSPS) is 18.8. The summed E-state index contributed by atoms with van der Waals surface area (Å²) in [6.45, 7) is 9.99. The van der Waals surface area contributed by atoms with E-state index < -0.39 is 5.60 Å². The monoisotopic (exact) mass is 183 g/mol. The standard InChI is InChI=1S/C11H21NO/c1-6-9(2)11(13,7-8-12)10(3,4)5/h9,13H,6-7H2,1-5H3. The van der Waals surface area contributed by atoms with Crippen LogP contribution in [0.15, 0.2) is 0 Å². The third kappa shape index (κ3) is 2.45. The number of rotatable bonds is 3. The lowest BCUT2D eigenvalue weighted by molar-refractivity contribution is -0.0966. The summed E-state index contributed by atoms with van der Waals surface area (Å²) in [5.41, 5.74) is -1.10. The van der Waals surface area contributed by atoms with Crippen molar-refractivity contribution >= 4 is 0 Å². The molecule has 0 aliphatic rings. The first-order valence-corrected chi connectivity index (χ1v) is 4.89. The highest BCUT2D eigenvalue weighted by molar-refractivity contribution is 4.99. The van der Waals surface area contributed by atoms with E-state index in [-0.39, 0.29) is 17.8 Å². The van der Waals surface area contributed by atoms with Crippen molar-refractivity contribution in [3.05, 3.63) is 0 Å². The molecule has 0 aromatic carbocycles. The van der Waals surface area contributed by atoms with E-state index in [1.54, 1.807) is 0 Å². The van der Waals surface area contributed by atoms with Gasteiger partial charge in [0.25, 0.3) is 0 Å². The van der Waals surface area contributed by atoms with Crippen molar-refractivity contribution < 1.29 is 5.11 Å². The van der Waals surface area contributed by atoms with Crippen molar-refractivity contribution in [1.29, 1.82) is 5.26 Å². The lowest BCUT2D eigenvalue weighted by atomic mass is 9.67. The SMILES string of the molecule is CCC(C)C(O)(CC#N)C(C)(C)C. The fourth-order valence-electron chi connectivity index (χ4n) is 1.64. The van der Waals surface area contributed by atoms with E-state index in [1.807, 2.05) is 34.6 Å². The van der Waals surface area contributed by atoms with Crippen LogP contribution in [0, 0.1) is 22.7 Å². The molecule has 0 aromatic rings. The van der Waals surface area contributed by atoms with E-state index in [0.29, 0.717) is 0 Å². The van der Waals surface area contributed by atoms with E-state index in [1.165, 1.54) is 0 Å². The molecule has 2 nitrogen and oxygen atoms in total. The molecule has 0 amide bonds. The van der Waals surface area contributed by atoms with Gasteiger partial charge in [0.2, 0.25) is 0 Å². The van der Waals surface area contributed by atoms with Crippen molar-refractivity contribution in [1.82, 2.24) is 0 Å². The van der Waals surface area contributed by atoms with E-state index in [0.717, 1.165) is 6.42 Å². The molecule has 1 N–H and O–H groups in total. The van der Waals surface area contributed by atoms with Crippen LogP contribution in [0.3, 0.4) is 0 Å². The summed E-state index contributed by atoms with van der Waals surface area (Å²) in [4.78, 5) is 0. The molecular formula is C11H21NO. The predicted octanol–water partition coefficient (Wildman–Crippen LogP) is 2.72. The Morgan fingerprint density at radius 3 is 2.08 bits per heavy atom. The number of aliphatic hydroxyl groups is 1. The summed E-state index contributed by atoms with van der Waals surface area (Å²) in [5, 5.41) is 19.1. The van der Waals surface area contributed by atoms with Crippen molar-refractivity contribution in [3.63, 3.8) is 0 Å². The third-order valence-electron chi connectivity index (χ3n) is 3.07. The first-order valence-electron chi connectivity index (χ1n) is 4.89. The third-order valence-corrected chi connectivity index (χ3v) is 3.07. The van der Waals surface area contributed by atoms with Gasteiger partial charge in [-0.2, -0.15) is 5.26 Å². The topological polar surface area (TPSA) is 44.0 Å². The smallest absolute Gasteiger partial charge is 0.0850 e. The van der Waals surface area contributed by atoms with Gasteiger partial charge < -0.3 is 5.11 Å². The molecule has 0 aliphatic heterocycles. The molecule has 0 saturated heterocycles. The van der Waals surface area contributed by atoms with E-state index in [4.69, 9.17) is 5.26 Å². The van der Waals surface area contributed by atoms with Gasteiger partial charge >= 0.3 is 0 Å². The van der Waals surface area contributed by atoms with Crippen LogP contribution in [-0.4, -0.2) is 10.7 Å². The lowest BCUT2D eigenvalue weighted by Gasteiger charge is -2.43. The van der Waals surface area contributed by atoms with E-state index in [2.05, 4.69) is 6.07 Å². The molecule has 76 valence electrons. The Bertz CT molecular complexity index is 199. The Balaban J connectivity index is 4.85. The predicted molar refractivity (Wildman–Crippen MR) is 54.1 cm³/mol. The molecule has 0 fully saturated rings. The van der Waals surface area contributed by atoms with Gasteiger partial charge in [-0.25, -0.2) is 0 Å². The second kappa shape index (κ2) is 4.11. The zero-order chi connectivity index (χ0) is 10.7. The van der Waals surface area contributed by atoms with Gasteiger partial charge in [-0.1, -0.05) is 41.0 Å². The number of nitrogens with zero attached hydrogens (tertiary/aromatic N) is 1. The highest BCUT2D eigenvalue weighted by atomic mass is 16.3. The summed E-state index contributed by atoms with van der Waals surface area (Å²) >= 11 is 0. The van der Waals surface area contributed by atoms with Crippen LogP contribution in [0.5, 0.6) is 0 Å². The minimum absolute atomic E-state index is 0.159. The Morgan fingerprint density at radius 1 is 1.38 bits per heavy atom. The Morgan fingerprint density at radius 2 is 1.85 bits per heavy atom. The Labute approximate surface area is 81.6 Å². The first-order chi connectivity index (χ1) is 5.79. The molecule has 0 radical (unpaired) electrons. The van der Waals surface area contributed by atoms with Crippen molar-refractivity contribution in [2.75, 3.05) is 0 Å². The molecule has 2 unspecified atom stereocenters. The second-order valence-electron chi connectivity index (χ2n) is 4.82. The Hall–Kier alpha value is -0.550. The summed E-state index contributed by atoms with van der Waals surface area (Å²) < 4.78 is 0. The van der Waals surface area contributed by atoms with Crippen LogP contribution in [0.2, 0.25) is 0 Å². The lowest BCUT2D eigenvalue weighted by Crippen LogP contribution is -2.47. The molecule has 0 bridgehead atoms.